The Morgan fingerprint density at radius 3 is 1.86 bits per heavy atom. The van der Waals surface area contributed by atoms with Crippen molar-refractivity contribution in [2.24, 2.45) is 0 Å². The number of hydrogen-bond donors (Lipinski definition) is 3. The summed E-state index contributed by atoms with van der Waals surface area (Å²) in [4.78, 5) is 41.8. The van der Waals surface area contributed by atoms with Gasteiger partial charge in [-0.2, -0.15) is 0 Å². The summed E-state index contributed by atoms with van der Waals surface area (Å²) in [5.74, 6) is -0.374. The first-order valence-electron chi connectivity index (χ1n) is 19.8. The van der Waals surface area contributed by atoms with Crippen LogP contribution in [0.25, 0.3) is 32.7 Å². The number of rotatable bonds is 13. The lowest BCUT2D eigenvalue weighted by atomic mass is 10.1. The summed E-state index contributed by atoms with van der Waals surface area (Å²) in [5, 5.41) is 26.3. The number of aliphatic hydroxyl groups is 2. The van der Waals surface area contributed by atoms with Crippen LogP contribution in [0.2, 0.25) is 0 Å². The fourth-order valence-corrected chi connectivity index (χ4v) is 12.3. The molecule has 2 aromatic heterocycles. The number of benzene rings is 5. The molecule has 0 aliphatic carbocycles. The molecule has 3 N–H and O–H groups in total. The number of nitrogens with zero attached hydrogens (tertiary/aromatic N) is 6. The van der Waals surface area contributed by atoms with Gasteiger partial charge in [-0.05, 0) is 36.4 Å². The van der Waals surface area contributed by atoms with E-state index in [-0.39, 0.29) is 37.5 Å². The first kappa shape index (κ1) is 43.9. The maximum absolute atomic E-state index is 14.8. The number of hydrogen-bond acceptors (Lipinski definition) is 16. The number of sulfone groups is 2. The fraction of sp³-hybridized carbons (Fsp3) is 0.250. The van der Waals surface area contributed by atoms with Crippen LogP contribution in [0.5, 0.6) is 0 Å². The molecule has 1 amide bonds. The Morgan fingerprint density at radius 1 is 0.719 bits per heavy atom. The Bertz CT molecular complexity index is 3010. The second-order valence-electron chi connectivity index (χ2n) is 15.4. The van der Waals surface area contributed by atoms with Crippen LogP contribution in [0.4, 0.5) is 22.0 Å². The van der Waals surface area contributed by atoms with E-state index in [1.54, 1.807) is 117 Å². The highest BCUT2D eigenvalue weighted by molar-refractivity contribution is 8.09. The lowest BCUT2D eigenvalue weighted by Crippen LogP contribution is -2.37. The highest BCUT2D eigenvalue weighted by Gasteiger charge is 2.46. The van der Waals surface area contributed by atoms with E-state index in [0.29, 0.717) is 27.7 Å². The van der Waals surface area contributed by atoms with Gasteiger partial charge in [-0.3, -0.25) is 9.36 Å². The van der Waals surface area contributed by atoms with Gasteiger partial charge in [-0.1, -0.05) is 66.7 Å². The number of aromatic nitrogens is 4. The highest BCUT2D eigenvalue weighted by Crippen LogP contribution is 2.38. The van der Waals surface area contributed by atoms with Crippen molar-refractivity contribution >= 4 is 81.6 Å². The largest absolute Gasteiger partial charge is 0.508 e. The molecule has 0 saturated carbocycles. The third kappa shape index (κ3) is 8.05. The van der Waals surface area contributed by atoms with Crippen LogP contribution in [-0.2, 0) is 33.9 Å². The molecular formula is C44H43N7O11S2. The lowest BCUT2D eigenvalue weighted by molar-refractivity contribution is -0.0608. The third-order valence-corrected chi connectivity index (χ3v) is 16.0. The van der Waals surface area contributed by atoms with Gasteiger partial charge in [0.15, 0.2) is 42.9 Å². The molecule has 64 heavy (non-hydrogen) atoms. The summed E-state index contributed by atoms with van der Waals surface area (Å²) in [6.07, 6.45) is -4.91. The van der Waals surface area contributed by atoms with Gasteiger partial charge < -0.3 is 39.5 Å². The number of aliphatic hydroxyl groups excluding tert-OH is 2. The molecule has 18 nitrogen and oxygen atoms in total. The van der Waals surface area contributed by atoms with Crippen LogP contribution in [0.1, 0.15) is 16.6 Å². The molecule has 0 bridgehead atoms. The van der Waals surface area contributed by atoms with Crippen molar-refractivity contribution in [1.29, 1.82) is 0 Å². The van der Waals surface area contributed by atoms with Gasteiger partial charge in [0, 0.05) is 66.7 Å². The first-order valence-corrected chi connectivity index (χ1v) is 22.9. The SMILES string of the molecule is CN(C)c1cccc2c(S(=O)(=O)C(COC(=O)OC[C@H]3O[C@@H](n4cnc5c(NC(=O)c6ccccc6)ncnc54)[C@H](O)[C@@H]3O)S(=O)(=O)c3cccc4c(N(C)C)cccc34)cccc12. The fourth-order valence-electron chi connectivity index (χ4n) is 7.76. The van der Waals surface area contributed by atoms with E-state index in [4.69, 9.17) is 14.2 Å². The summed E-state index contributed by atoms with van der Waals surface area (Å²) in [6.45, 7) is -1.88. The molecule has 1 saturated heterocycles. The zero-order chi connectivity index (χ0) is 45.5. The number of fused-ring (bicyclic) bond motifs is 3. The molecule has 5 aromatic carbocycles. The van der Waals surface area contributed by atoms with E-state index in [2.05, 4.69) is 20.3 Å². The number of carbonyl (C=O) groups excluding carboxylic acids is 2. The van der Waals surface area contributed by atoms with Crippen molar-refractivity contribution < 1.29 is 50.8 Å². The van der Waals surface area contributed by atoms with Crippen molar-refractivity contribution in [3.63, 3.8) is 0 Å². The summed E-state index contributed by atoms with van der Waals surface area (Å²) in [7, 11) is -2.58. The molecule has 7 aromatic rings. The maximum Gasteiger partial charge on any atom is 0.508 e. The first-order chi connectivity index (χ1) is 30.6. The van der Waals surface area contributed by atoms with Gasteiger partial charge in [0.1, 0.15) is 37.9 Å². The van der Waals surface area contributed by atoms with Crippen LogP contribution in [-0.4, -0.2) is 123 Å². The molecule has 1 fully saturated rings. The van der Waals surface area contributed by atoms with E-state index in [1.165, 1.54) is 41.5 Å². The molecule has 0 spiro atoms. The van der Waals surface area contributed by atoms with Gasteiger partial charge in [-0.25, -0.2) is 36.6 Å². The number of ether oxygens (including phenoxy) is 3. The van der Waals surface area contributed by atoms with Gasteiger partial charge in [0.2, 0.25) is 4.58 Å². The minimum absolute atomic E-state index is 0.0770. The summed E-state index contributed by atoms with van der Waals surface area (Å²) in [6, 6.07) is 27.6. The highest BCUT2D eigenvalue weighted by atomic mass is 32.3. The molecule has 4 atom stereocenters. The molecule has 8 rings (SSSR count). The lowest BCUT2D eigenvalue weighted by Gasteiger charge is -2.22. The smallest absolute Gasteiger partial charge is 0.432 e. The van der Waals surface area contributed by atoms with Crippen LogP contribution >= 0.6 is 0 Å². The normalized spacial score (nSPS) is 17.8. The number of amides is 1. The van der Waals surface area contributed by atoms with Crippen molar-refractivity contribution in [3.8, 4) is 0 Å². The zero-order valence-corrected chi connectivity index (χ0v) is 36.5. The zero-order valence-electron chi connectivity index (χ0n) is 34.8. The standard InChI is InChI=1S/C44H43N7O11S2/c1-49(2)31-18-8-16-29-27(31)14-10-20-34(29)63(56,57)36(64(58,59)35-21-11-15-28-30(35)17-9-19-32(28)50(3)4)23-61-44(55)60-22-33-38(52)39(53)43(62-33)51-25-47-37-40(45-24-46-41(37)51)48-42(54)26-12-6-5-7-13-26/h5-21,24-25,33,36,38-39,43,52-53H,22-23H2,1-4H3,(H,45,46,48,54)/t33-,38-,39-,43-/m1/s1. The Hall–Kier alpha value is -6.71. The molecule has 332 valence electrons. The van der Waals surface area contributed by atoms with Crippen LogP contribution < -0.4 is 15.1 Å². The summed E-state index contributed by atoms with van der Waals surface area (Å²) >= 11 is 0. The second-order valence-corrected chi connectivity index (χ2v) is 19.8. The molecule has 0 radical (unpaired) electrons. The van der Waals surface area contributed by atoms with Crippen LogP contribution in [0.15, 0.2) is 126 Å². The van der Waals surface area contributed by atoms with Gasteiger partial charge in [0.05, 0.1) is 16.1 Å². The molecule has 3 heterocycles. The van der Waals surface area contributed by atoms with Crippen molar-refractivity contribution in [2.75, 3.05) is 56.5 Å². The molecular weight excluding hydrogens is 867 g/mol. The van der Waals surface area contributed by atoms with Crippen molar-refractivity contribution in [3.05, 3.63) is 121 Å². The molecule has 20 heteroatoms. The predicted molar refractivity (Wildman–Crippen MR) is 238 cm³/mol. The summed E-state index contributed by atoms with van der Waals surface area (Å²) < 4.78 is 74.8. The quantitative estimate of drug-likeness (QED) is 0.135. The van der Waals surface area contributed by atoms with E-state index in [1.807, 2.05) is 0 Å². The molecule has 1 aliphatic heterocycles. The van der Waals surface area contributed by atoms with Crippen molar-refractivity contribution in [1.82, 2.24) is 19.5 Å². The van der Waals surface area contributed by atoms with Gasteiger partial charge >= 0.3 is 6.16 Å². The number of anilines is 3. The predicted octanol–water partition coefficient (Wildman–Crippen LogP) is 4.56. The Morgan fingerprint density at radius 2 is 1.28 bits per heavy atom. The van der Waals surface area contributed by atoms with E-state index >= 15 is 0 Å². The summed E-state index contributed by atoms with van der Waals surface area (Å²) in [5.41, 5.74) is 2.04. The second kappa shape index (κ2) is 17.5. The maximum atomic E-state index is 14.8. The van der Waals surface area contributed by atoms with Crippen molar-refractivity contribution in [2.45, 2.75) is 38.9 Å². The van der Waals surface area contributed by atoms with E-state index < -0.39 is 74.1 Å². The number of imidazole rings is 1. The number of nitrogens with one attached hydrogen (secondary N) is 1. The Kier molecular flexibility index (Phi) is 12.0. The molecule has 1 aliphatic rings. The average molecular weight is 910 g/mol. The average Bonchev–Trinajstić information content (AvgIpc) is 3.84. The molecule has 0 unspecified atom stereocenters. The monoisotopic (exact) mass is 909 g/mol. The van der Waals surface area contributed by atoms with Crippen LogP contribution in [0, 0.1) is 0 Å². The minimum atomic E-state index is -4.88. The van der Waals surface area contributed by atoms with Gasteiger partial charge in [0.25, 0.3) is 5.91 Å². The Balaban J connectivity index is 1.04. The Labute approximate surface area is 367 Å². The van der Waals surface area contributed by atoms with Gasteiger partial charge in [-0.15, -0.1) is 0 Å². The minimum Gasteiger partial charge on any atom is -0.432 e. The van der Waals surface area contributed by atoms with Crippen LogP contribution in [0.3, 0.4) is 0 Å². The number of carbonyl (C=O) groups is 2. The topological polar surface area (TPSA) is 233 Å². The van der Waals surface area contributed by atoms with E-state index in [9.17, 15) is 36.6 Å². The van der Waals surface area contributed by atoms with E-state index in [0.717, 1.165) is 0 Å². The third-order valence-electron chi connectivity index (χ3n) is 10.9.